The summed E-state index contributed by atoms with van der Waals surface area (Å²) in [6.07, 6.45) is 0. The second kappa shape index (κ2) is 36.9. The van der Waals surface area contributed by atoms with Crippen LogP contribution in [0.15, 0.2) is 0 Å². The van der Waals surface area contributed by atoms with Crippen molar-refractivity contribution in [1.29, 1.82) is 0 Å². The zero-order valence-corrected chi connectivity index (χ0v) is 5.99. The molecule has 0 amide bonds. The molecule has 0 heterocycles. The molecule has 32 valence electrons. The Kier molecular flexibility index (Phi) is 82.0. The van der Waals surface area contributed by atoms with Crippen molar-refractivity contribution < 1.29 is 46.3 Å². The van der Waals surface area contributed by atoms with Gasteiger partial charge in [-0.2, -0.15) is 0 Å². The summed E-state index contributed by atoms with van der Waals surface area (Å²) in [5.74, 6) is 0. The molecule has 0 N–H and O–H groups in total. The van der Waals surface area contributed by atoms with Crippen LogP contribution in [-0.4, -0.2) is 0 Å². The second-order valence-electron chi connectivity index (χ2n) is 0. The third kappa shape index (κ3) is 12.2. The van der Waals surface area contributed by atoms with Gasteiger partial charge < -0.3 is 0 Å². The van der Waals surface area contributed by atoms with E-state index in [1.54, 1.807) is 0 Å². The average molecular weight is 422 g/mol. The standard InChI is InChI=1S/2O.2Pt. The summed E-state index contributed by atoms with van der Waals surface area (Å²) < 4.78 is 16.4. The van der Waals surface area contributed by atoms with Crippen LogP contribution >= 0.6 is 0 Å². The van der Waals surface area contributed by atoms with E-state index in [9.17, 15) is 0 Å². The Morgan fingerprint density at radius 3 is 0.750 bits per heavy atom. The average Bonchev–Trinajstić information content (AvgIpc) is 1.50. The van der Waals surface area contributed by atoms with Crippen molar-refractivity contribution in [2.45, 2.75) is 0 Å². The van der Waals surface area contributed by atoms with E-state index in [0.29, 0.717) is 0 Å². The van der Waals surface area contributed by atoms with E-state index in [4.69, 9.17) is 6.80 Å². The molecule has 0 aliphatic carbocycles. The SMILES string of the molecule is [O]=[Pt].[O]=[Pt]. The fourth-order valence-electron chi connectivity index (χ4n) is 0. The molecule has 0 atom stereocenters. The predicted octanol–water partition coefficient (Wildman–Crippen LogP) is -0.243. The Hall–Kier alpha value is 0.977. The first-order valence-corrected chi connectivity index (χ1v) is 2.11. The van der Waals surface area contributed by atoms with Crippen molar-refractivity contribution in [3.63, 3.8) is 0 Å². The van der Waals surface area contributed by atoms with E-state index in [2.05, 4.69) is 0 Å². The van der Waals surface area contributed by atoms with E-state index in [1.807, 2.05) is 0 Å². The molecule has 0 radical (unpaired) electrons. The number of hydrogen-bond acceptors (Lipinski definition) is 2. The molecule has 0 saturated carbocycles. The summed E-state index contributed by atoms with van der Waals surface area (Å²) >= 11 is 1.78. The molecular weight excluding hydrogens is 422 g/mol. The molecule has 0 unspecified atom stereocenters. The third-order valence-electron chi connectivity index (χ3n) is 0. The fourth-order valence-corrected chi connectivity index (χ4v) is 0. The van der Waals surface area contributed by atoms with Crippen LogP contribution in [0.2, 0.25) is 0 Å². The topological polar surface area (TPSA) is 34.1 Å². The summed E-state index contributed by atoms with van der Waals surface area (Å²) in [5, 5.41) is 0. The normalized spacial score (nSPS) is 3.00. The Morgan fingerprint density at radius 1 is 0.750 bits per heavy atom. The van der Waals surface area contributed by atoms with Crippen LogP contribution in [0.3, 0.4) is 0 Å². The summed E-state index contributed by atoms with van der Waals surface area (Å²) in [6, 6.07) is 0. The summed E-state index contributed by atoms with van der Waals surface area (Å²) in [4.78, 5) is 0. The molecule has 2 nitrogen and oxygen atoms in total. The molecule has 0 fully saturated rings. The van der Waals surface area contributed by atoms with Crippen molar-refractivity contribution >= 4 is 0 Å². The Balaban J connectivity index is 0. The molecule has 0 saturated heterocycles. The van der Waals surface area contributed by atoms with Crippen molar-refractivity contribution in [3.05, 3.63) is 0 Å². The zero-order valence-electron chi connectivity index (χ0n) is 1.45. The van der Waals surface area contributed by atoms with Gasteiger partial charge in [-0.1, -0.05) is 0 Å². The Morgan fingerprint density at radius 2 is 0.750 bits per heavy atom. The maximum absolute atomic E-state index is 8.22. The van der Waals surface area contributed by atoms with Crippen LogP contribution < -0.4 is 0 Å². The summed E-state index contributed by atoms with van der Waals surface area (Å²) in [5.41, 5.74) is 0. The maximum atomic E-state index is 8.22. The quantitative estimate of drug-likeness (QED) is 0.540. The van der Waals surface area contributed by atoms with Crippen LogP contribution in [0, 0.1) is 0 Å². The van der Waals surface area contributed by atoms with Gasteiger partial charge in [0.25, 0.3) is 0 Å². The minimum atomic E-state index is 0.889. The minimum absolute atomic E-state index is 0.889. The first-order chi connectivity index (χ1) is 2.00. The molecule has 0 aromatic heterocycles. The fraction of sp³-hybridized carbons (Fsp3) is 0. The van der Waals surface area contributed by atoms with Crippen LogP contribution in [0.25, 0.3) is 0 Å². The van der Waals surface area contributed by atoms with Crippen LogP contribution in [0.4, 0.5) is 0 Å². The molecule has 0 aliphatic heterocycles. The number of hydrogen-bond donors (Lipinski definition) is 0. The molecule has 4 heavy (non-hydrogen) atoms. The van der Waals surface area contributed by atoms with E-state index in [1.165, 1.54) is 0 Å². The van der Waals surface area contributed by atoms with Gasteiger partial charge in [-0.25, -0.2) is 0 Å². The van der Waals surface area contributed by atoms with Crippen LogP contribution in [0.5, 0.6) is 0 Å². The molecule has 0 aromatic carbocycles. The second-order valence-corrected chi connectivity index (χ2v) is 0. The number of rotatable bonds is 0. The van der Waals surface area contributed by atoms with E-state index < -0.39 is 0 Å². The van der Waals surface area contributed by atoms with Crippen molar-refractivity contribution in [1.82, 2.24) is 0 Å². The van der Waals surface area contributed by atoms with Gasteiger partial charge in [0.2, 0.25) is 0 Å². The molecular formula is O2Pt2. The molecule has 4 heteroatoms. The first kappa shape index (κ1) is 8.88. The molecule has 0 bridgehead atoms. The van der Waals surface area contributed by atoms with Crippen LogP contribution in [-0.2, 0) is 46.3 Å². The van der Waals surface area contributed by atoms with E-state index in [-0.39, 0.29) is 0 Å². The molecule has 0 rings (SSSR count). The van der Waals surface area contributed by atoms with Gasteiger partial charge in [-0.05, 0) is 0 Å². The Bertz CT molecular complexity index is 6.00. The Labute approximate surface area is 46.4 Å². The summed E-state index contributed by atoms with van der Waals surface area (Å²) in [6.45, 7) is 0. The molecule has 0 aromatic rings. The predicted molar refractivity (Wildman–Crippen MR) is 1.37 cm³/mol. The van der Waals surface area contributed by atoms with E-state index >= 15 is 0 Å². The van der Waals surface area contributed by atoms with Gasteiger partial charge in [0.1, 0.15) is 0 Å². The van der Waals surface area contributed by atoms with Crippen LogP contribution in [0.1, 0.15) is 0 Å². The van der Waals surface area contributed by atoms with Crippen molar-refractivity contribution in [2.75, 3.05) is 0 Å². The van der Waals surface area contributed by atoms with Gasteiger partial charge in [0, 0.05) is 0 Å². The first-order valence-electron chi connectivity index (χ1n) is 0.258. The monoisotopic (exact) mass is 422 g/mol. The third-order valence-corrected chi connectivity index (χ3v) is 0. The van der Waals surface area contributed by atoms with Gasteiger partial charge in [0.05, 0.1) is 0 Å². The van der Waals surface area contributed by atoms with Gasteiger partial charge in [-0.15, -0.1) is 0 Å². The van der Waals surface area contributed by atoms with Gasteiger partial charge in [-0.3, -0.25) is 0 Å². The van der Waals surface area contributed by atoms with Gasteiger partial charge >= 0.3 is 46.3 Å². The molecule has 0 spiro atoms. The van der Waals surface area contributed by atoms with E-state index in [0.717, 1.165) is 39.6 Å². The molecule has 0 aliphatic rings. The summed E-state index contributed by atoms with van der Waals surface area (Å²) in [7, 11) is 0. The van der Waals surface area contributed by atoms with Crippen molar-refractivity contribution in [3.8, 4) is 0 Å². The zero-order chi connectivity index (χ0) is 4.00. The van der Waals surface area contributed by atoms with Gasteiger partial charge in [0.15, 0.2) is 0 Å². The van der Waals surface area contributed by atoms with Crippen molar-refractivity contribution in [2.24, 2.45) is 0 Å².